The Morgan fingerprint density at radius 1 is 1.12 bits per heavy atom. The lowest BCUT2D eigenvalue weighted by Gasteiger charge is -2.25. The fourth-order valence-electron chi connectivity index (χ4n) is 1.86. The zero-order valence-corrected chi connectivity index (χ0v) is 15.7. The molecule has 1 heterocycles. The Morgan fingerprint density at radius 3 is 2.58 bits per heavy atom. The number of hydrogen-bond donors (Lipinski definition) is 0. The number of thiophene rings is 1. The maximum absolute atomic E-state index is 11.0. The summed E-state index contributed by atoms with van der Waals surface area (Å²) < 4.78 is 38.6. The molecular formula is C17H22O5S2. The molecule has 0 radical (unpaired) electrons. The van der Waals surface area contributed by atoms with E-state index in [2.05, 4.69) is 0 Å². The summed E-state index contributed by atoms with van der Waals surface area (Å²) >= 11 is 1.66. The SMILES string of the molecule is CC(C)(COc1cccc(COS(C)(=O)=O)c1)OCc1cccs1. The largest absolute Gasteiger partial charge is 0.491 e. The standard InChI is InChI=1S/C17H22O5S2/c1-17(2,21-12-16-8-5-9-23-16)13-20-15-7-4-6-14(10-15)11-22-24(3,18)19/h4-10H,11-13H2,1-3H3. The van der Waals surface area contributed by atoms with Crippen LogP contribution >= 0.6 is 11.3 Å². The molecule has 0 amide bonds. The van der Waals surface area contributed by atoms with E-state index >= 15 is 0 Å². The third-order valence-corrected chi connectivity index (χ3v) is 4.51. The van der Waals surface area contributed by atoms with Gasteiger partial charge in [0.1, 0.15) is 12.4 Å². The molecule has 0 N–H and O–H groups in total. The highest BCUT2D eigenvalue weighted by Gasteiger charge is 2.20. The molecule has 7 heteroatoms. The Morgan fingerprint density at radius 2 is 1.92 bits per heavy atom. The molecule has 0 saturated heterocycles. The van der Waals surface area contributed by atoms with Crippen molar-refractivity contribution in [3.8, 4) is 5.75 Å². The van der Waals surface area contributed by atoms with E-state index in [9.17, 15) is 8.42 Å². The smallest absolute Gasteiger partial charge is 0.264 e. The van der Waals surface area contributed by atoms with Gasteiger partial charge in [0.05, 0.1) is 25.1 Å². The summed E-state index contributed by atoms with van der Waals surface area (Å²) in [5.74, 6) is 0.650. The van der Waals surface area contributed by atoms with E-state index in [4.69, 9.17) is 13.7 Å². The Labute approximate surface area is 147 Å². The van der Waals surface area contributed by atoms with Gasteiger partial charge in [-0.2, -0.15) is 8.42 Å². The molecule has 24 heavy (non-hydrogen) atoms. The molecule has 0 aliphatic rings. The Balaban J connectivity index is 1.86. The maximum Gasteiger partial charge on any atom is 0.264 e. The number of hydrogen-bond acceptors (Lipinski definition) is 6. The van der Waals surface area contributed by atoms with Crippen molar-refractivity contribution in [1.82, 2.24) is 0 Å². The van der Waals surface area contributed by atoms with Gasteiger partial charge in [-0.15, -0.1) is 11.3 Å². The van der Waals surface area contributed by atoms with E-state index in [0.29, 0.717) is 19.0 Å². The van der Waals surface area contributed by atoms with Crippen LogP contribution in [-0.2, 0) is 32.3 Å². The van der Waals surface area contributed by atoms with Gasteiger partial charge in [0, 0.05) is 4.88 Å². The summed E-state index contributed by atoms with van der Waals surface area (Å²) in [4.78, 5) is 1.17. The van der Waals surface area contributed by atoms with Crippen LogP contribution in [0.15, 0.2) is 41.8 Å². The quantitative estimate of drug-likeness (QED) is 0.631. The minimum absolute atomic E-state index is 0.00565. The fraction of sp³-hybridized carbons (Fsp3) is 0.412. The second kappa shape index (κ2) is 8.11. The van der Waals surface area contributed by atoms with E-state index in [0.717, 1.165) is 11.8 Å². The molecule has 5 nitrogen and oxygen atoms in total. The third-order valence-electron chi connectivity index (χ3n) is 3.11. The van der Waals surface area contributed by atoms with E-state index < -0.39 is 15.7 Å². The minimum atomic E-state index is -3.46. The van der Waals surface area contributed by atoms with Gasteiger partial charge in [0.2, 0.25) is 0 Å². The van der Waals surface area contributed by atoms with Gasteiger partial charge < -0.3 is 9.47 Å². The molecule has 1 aromatic carbocycles. The number of benzene rings is 1. The summed E-state index contributed by atoms with van der Waals surface area (Å²) in [7, 11) is -3.46. The molecule has 2 aromatic rings. The van der Waals surface area contributed by atoms with Crippen LogP contribution in [0.3, 0.4) is 0 Å². The highest BCUT2D eigenvalue weighted by atomic mass is 32.2. The topological polar surface area (TPSA) is 61.8 Å². The van der Waals surface area contributed by atoms with E-state index in [1.165, 1.54) is 4.88 Å². The molecule has 0 spiro atoms. The summed E-state index contributed by atoms with van der Waals surface area (Å²) in [6.07, 6.45) is 1.03. The molecular weight excluding hydrogens is 348 g/mol. The van der Waals surface area contributed by atoms with Gasteiger partial charge in [-0.05, 0) is 43.0 Å². The van der Waals surface area contributed by atoms with Crippen LogP contribution in [0.1, 0.15) is 24.3 Å². The van der Waals surface area contributed by atoms with Crippen LogP contribution < -0.4 is 4.74 Å². The molecule has 1 aromatic heterocycles. The zero-order chi connectivity index (χ0) is 17.6. The van der Waals surface area contributed by atoms with Gasteiger partial charge in [0.25, 0.3) is 10.1 Å². The third kappa shape index (κ3) is 7.00. The number of rotatable bonds is 9. The van der Waals surface area contributed by atoms with Crippen molar-refractivity contribution >= 4 is 21.5 Å². The molecule has 0 unspecified atom stereocenters. The summed E-state index contributed by atoms with van der Waals surface area (Å²) in [6, 6.07) is 11.2. The van der Waals surface area contributed by atoms with E-state index in [-0.39, 0.29) is 6.61 Å². The first-order valence-electron chi connectivity index (χ1n) is 7.46. The minimum Gasteiger partial charge on any atom is -0.491 e. The monoisotopic (exact) mass is 370 g/mol. The van der Waals surface area contributed by atoms with Crippen molar-refractivity contribution in [1.29, 1.82) is 0 Å². The normalized spacial score (nSPS) is 12.3. The molecule has 0 fully saturated rings. The predicted octanol–water partition coefficient (Wildman–Crippen LogP) is 3.60. The lowest BCUT2D eigenvalue weighted by Crippen LogP contribution is -2.32. The van der Waals surface area contributed by atoms with Crippen LogP contribution in [0.5, 0.6) is 5.75 Å². The average molecular weight is 370 g/mol. The average Bonchev–Trinajstić information content (AvgIpc) is 3.03. The Bertz CT molecular complexity index is 736. The first kappa shape index (κ1) is 18.9. The first-order valence-corrected chi connectivity index (χ1v) is 10.2. The lowest BCUT2D eigenvalue weighted by atomic mass is 10.1. The van der Waals surface area contributed by atoms with E-state index in [1.807, 2.05) is 37.4 Å². The Kier molecular flexibility index (Phi) is 6.40. The Hall–Kier alpha value is -1.41. The second-order valence-corrected chi connectivity index (χ2v) is 8.71. The molecule has 2 rings (SSSR count). The van der Waals surface area contributed by atoms with Crippen molar-refractivity contribution < 1.29 is 22.1 Å². The number of ether oxygens (including phenoxy) is 2. The molecule has 0 bridgehead atoms. The first-order chi connectivity index (χ1) is 11.2. The fourth-order valence-corrected chi connectivity index (χ4v) is 2.83. The van der Waals surface area contributed by atoms with Crippen LogP contribution in [0, 0.1) is 0 Å². The summed E-state index contributed by atoms with van der Waals surface area (Å²) in [5, 5.41) is 2.02. The van der Waals surface area contributed by atoms with Crippen molar-refractivity contribution in [3.05, 3.63) is 52.2 Å². The van der Waals surface area contributed by atoms with Gasteiger partial charge in [-0.3, -0.25) is 4.18 Å². The molecule has 0 aliphatic carbocycles. The maximum atomic E-state index is 11.0. The van der Waals surface area contributed by atoms with Crippen molar-refractivity contribution in [2.45, 2.75) is 32.7 Å². The molecule has 0 atom stereocenters. The molecule has 0 aliphatic heterocycles. The zero-order valence-electron chi connectivity index (χ0n) is 14.0. The van der Waals surface area contributed by atoms with Gasteiger partial charge in [-0.25, -0.2) is 0 Å². The van der Waals surface area contributed by atoms with Crippen molar-refractivity contribution in [3.63, 3.8) is 0 Å². The van der Waals surface area contributed by atoms with Crippen LogP contribution in [0.2, 0.25) is 0 Å². The van der Waals surface area contributed by atoms with Crippen molar-refractivity contribution in [2.24, 2.45) is 0 Å². The van der Waals surface area contributed by atoms with Crippen LogP contribution in [0.4, 0.5) is 0 Å². The summed E-state index contributed by atoms with van der Waals surface area (Å²) in [6.45, 7) is 4.87. The molecule has 132 valence electrons. The second-order valence-electron chi connectivity index (χ2n) is 6.03. The highest BCUT2D eigenvalue weighted by Crippen LogP contribution is 2.20. The van der Waals surface area contributed by atoms with Gasteiger partial charge in [0.15, 0.2) is 0 Å². The molecule has 0 saturated carbocycles. The van der Waals surface area contributed by atoms with Crippen LogP contribution in [0.25, 0.3) is 0 Å². The van der Waals surface area contributed by atoms with E-state index in [1.54, 1.807) is 29.5 Å². The lowest BCUT2D eigenvalue weighted by molar-refractivity contribution is -0.0559. The predicted molar refractivity (Wildman–Crippen MR) is 94.8 cm³/mol. The summed E-state index contributed by atoms with van der Waals surface area (Å²) in [5.41, 5.74) is 0.290. The van der Waals surface area contributed by atoms with Gasteiger partial charge >= 0.3 is 0 Å². The highest BCUT2D eigenvalue weighted by molar-refractivity contribution is 7.85. The van der Waals surface area contributed by atoms with Crippen molar-refractivity contribution in [2.75, 3.05) is 12.9 Å². The van der Waals surface area contributed by atoms with Crippen LogP contribution in [-0.4, -0.2) is 26.9 Å². The van der Waals surface area contributed by atoms with Gasteiger partial charge in [-0.1, -0.05) is 18.2 Å².